The van der Waals surface area contributed by atoms with Gasteiger partial charge in [0.15, 0.2) is 0 Å². The van der Waals surface area contributed by atoms with Gasteiger partial charge >= 0.3 is 0 Å². The third kappa shape index (κ3) is 5.33. The van der Waals surface area contributed by atoms with E-state index < -0.39 is 0 Å². The van der Waals surface area contributed by atoms with E-state index in [2.05, 4.69) is 37.1 Å². The predicted octanol–water partition coefficient (Wildman–Crippen LogP) is 1.27. The van der Waals surface area contributed by atoms with Crippen LogP contribution in [0.4, 0.5) is 0 Å². The first-order valence-electron chi connectivity index (χ1n) is 6.40. The largest absolute Gasteiger partial charge is 0.327 e. The lowest BCUT2D eigenvalue weighted by atomic mass is 10.0. The van der Waals surface area contributed by atoms with Gasteiger partial charge in [-0.15, -0.1) is 0 Å². The summed E-state index contributed by atoms with van der Waals surface area (Å²) >= 11 is 0. The molecule has 0 amide bonds. The molecule has 2 N–H and O–H groups in total. The zero-order valence-electron chi connectivity index (χ0n) is 11.6. The lowest BCUT2D eigenvalue weighted by Gasteiger charge is -2.21. The Labute approximate surface area is 105 Å². The topological polar surface area (TPSA) is 47.1 Å². The maximum Gasteiger partial charge on any atom is 0.0522 e. The second-order valence-electron chi connectivity index (χ2n) is 5.27. The van der Waals surface area contributed by atoms with Gasteiger partial charge in [-0.1, -0.05) is 13.8 Å². The lowest BCUT2D eigenvalue weighted by Crippen LogP contribution is -2.32. The smallest absolute Gasteiger partial charge is 0.0522 e. The quantitative estimate of drug-likeness (QED) is 0.778. The first kappa shape index (κ1) is 14.2. The Morgan fingerprint density at radius 1 is 1.41 bits per heavy atom. The Hall–Kier alpha value is -0.870. The molecular weight excluding hydrogens is 212 g/mol. The van der Waals surface area contributed by atoms with Crippen LogP contribution < -0.4 is 5.73 Å². The van der Waals surface area contributed by atoms with Crippen molar-refractivity contribution in [2.24, 2.45) is 18.7 Å². The summed E-state index contributed by atoms with van der Waals surface area (Å²) in [6, 6.07) is 0.316. The molecule has 1 rings (SSSR count). The molecule has 0 spiro atoms. The van der Waals surface area contributed by atoms with Crippen molar-refractivity contribution in [3.8, 4) is 0 Å². The summed E-state index contributed by atoms with van der Waals surface area (Å²) in [5.74, 6) is 0.571. The fourth-order valence-electron chi connectivity index (χ4n) is 1.74. The van der Waals surface area contributed by atoms with Crippen LogP contribution in [0.15, 0.2) is 12.4 Å². The molecule has 0 aliphatic rings. The number of aromatic nitrogens is 2. The third-order valence-electron chi connectivity index (χ3n) is 3.24. The van der Waals surface area contributed by atoms with Crippen molar-refractivity contribution in [3.05, 3.63) is 18.0 Å². The number of nitrogens with two attached hydrogens (primary N) is 1. The molecule has 1 unspecified atom stereocenters. The SMILES string of the molecule is CC(C)C(N)CCN(C)CCc1cnn(C)c1. The normalized spacial score (nSPS) is 13.6. The van der Waals surface area contributed by atoms with Crippen molar-refractivity contribution in [1.29, 1.82) is 0 Å². The number of hydrogen-bond acceptors (Lipinski definition) is 3. The van der Waals surface area contributed by atoms with Gasteiger partial charge in [0.1, 0.15) is 0 Å². The summed E-state index contributed by atoms with van der Waals surface area (Å²) in [6.45, 7) is 6.50. The molecule has 4 heteroatoms. The Kier molecular flexibility index (Phi) is 5.65. The van der Waals surface area contributed by atoms with Crippen LogP contribution in [0.25, 0.3) is 0 Å². The van der Waals surface area contributed by atoms with Crippen molar-refractivity contribution >= 4 is 0 Å². The van der Waals surface area contributed by atoms with Crippen molar-refractivity contribution in [3.63, 3.8) is 0 Å². The van der Waals surface area contributed by atoms with Gasteiger partial charge in [0, 0.05) is 25.8 Å². The fourth-order valence-corrected chi connectivity index (χ4v) is 1.74. The monoisotopic (exact) mass is 238 g/mol. The molecule has 1 heterocycles. The van der Waals surface area contributed by atoms with E-state index in [9.17, 15) is 0 Å². The molecule has 0 aromatic carbocycles. The van der Waals surface area contributed by atoms with E-state index in [1.807, 2.05) is 17.9 Å². The highest BCUT2D eigenvalue weighted by atomic mass is 15.2. The summed E-state index contributed by atoms with van der Waals surface area (Å²) in [7, 11) is 4.11. The molecule has 1 aromatic rings. The van der Waals surface area contributed by atoms with E-state index in [0.717, 1.165) is 25.9 Å². The molecule has 0 aliphatic carbocycles. The number of rotatable bonds is 7. The Bertz CT molecular complexity index is 319. The van der Waals surface area contributed by atoms with Crippen LogP contribution in [-0.2, 0) is 13.5 Å². The summed E-state index contributed by atoms with van der Waals surface area (Å²) in [6.07, 6.45) is 6.14. The molecule has 1 atom stereocenters. The van der Waals surface area contributed by atoms with E-state index in [1.54, 1.807) is 0 Å². The summed E-state index contributed by atoms with van der Waals surface area (Å²) in [5.41, 5.74) is 7.33. The van der Waals surface area contributed by atoms with Gasteiger partial charge in [0.25, 0.3) is 0 Å². The molecule has 4 nitrogen and oxygen atoms in total. The van der Waals surface area contributed by atoms with Gasteiger partial charge in [-0.05, 0) is 37.9 Å². The van der Waals surface area contributed by atoms with Crippen LogP contribution in [0, 0.1) is 5.92 Å². The van der Waals surface area contributed by atoms with Gasteiger partial charge in [-0.2, -0.15) is 5.10 Å². The molecule has 98 valence electrons. The van der Waals surface area contributed by atoms with Crippen LogP contribution in [0.1, 0.15) is 25.8 Å². The van der Waals surface area contributed by atoms with Crippen LogP contribution in [-0.4, -0.2) is 40.9 Å². The van der Waals surface area contributed by atoms with E-state index in [1.165, 1.54) is 5.56 Å². The first-order chi connectivity index (χ1) is 7.99. The maximum atomic E-state index is 6.04. The van der Waals surface area contributed by atoms with Crippen molar-refractivity contribution in [1.82, 2.24) is 14.7 Å². The zero-order valence-corrected chi connectivity index (χ0v) is 11.6. The van der Waals surface area contributed by atoms with Crippen molar-refractivity contribution < 1.29 is 0 Å². The van der Waals surface area contributed by atoms with Crippen molar-refractivity contribution in [2.75, 3.05) is 20.1 Å². The van der Waals surface area contributed by atoms with Gasteiger partial charge in [-0.3, -0.25) is 4.68 Å². The van der Waals surface area contributed by atoms with Crippen LogP contribution >= 0.6 is 0 Å². The van der Waals surface area contributed by atoms with Crippen LogP contribution in [0.2, 0.25) is 0 Å². The highest BCUT2D eigenvalue weighted by molar-refractivity contribution is 5.03. The van der Waals surface area contributed by atoms with Crippen LogP contribution in [0.3, 0.4) is 0 Å². The van der Waals surface area contributed by atoms with E-state index in [0.29, 0.717) is 12.0 Å². The predicted molar refractivity (Wildman–Crippen MR) is 71.8 cm³/mol. The molecule has 0 saturated carbocycles. The van der Waals surface area contributed by atoms with E-state index >= 15 is 0 Å². The van der Waals surface area contributed by atoms with Gasteiger partial charge in [0.2, 0.25) is 0 Å². The van der Waals surface area contributed by atoms with Gasteiger partial charge < -0.3 is 10.6 Å². The molecule has 0 radical (unpaired) electrons. The average molecular weight is 238 g/mol. The Morgan fingerprint density at radius 2 is 2.12 bits per heavy atom. The lowest BCUT2D eigenvalue weighted by molar-refractivity contribution is 0.306. The molecular formula is C13H26N4. The first-order valence-corrected chi connectivity index (χ1v) is 6.40. The molecule has 0 aliphatic heterocycles. The van der Waals surface area contributed by atoms with Crippen molar-refractivity contribution in [2.45, 2.75) is 32.7 Å². The highest BCUT2D eigenvalue weighted by Crippen LogP contribution is 2.04. The standard InChI is InChI=1S/C13H26N4/c1-11(2)13(14)6-8-16(3)7-5-12-9-15-17(4)10-12/h9-11,13H,5-8,14H2,1-4H3. The number of likely N-dealkylation sites (N-methyl/N-ethyl adjacent to an activating group) is 1. The highest BCUT2D eigenvalue weighted by Gasteiger charge is 2.08. The Morgan fingerprint density at radius 3 is 2.65 bits per heavy atom. The minimum atomic E-state index is 0.316. The molecule has 0 saturated heterocycles. The fraction of sp³-hybridized carbons (Fsp3) is 0.769. The summed E-state index contributed by atoms with van der Waals surface area (Å²) in [5, 5.41) is 4.17. The van der Waals surface area contributed by atoms with E-state index in [4.69, 9.17) is 5.73 Å². The molecule has 0 fully saturated rings. The molecule has 0 bridgehead atoms. The molecule has 1 aromatic heterocycles. The second kappa shape index (κ2) is 6.77. The van der Waals surface area contributed by atoms with Gasteiger partial charge in [0.05, 0.1) is 6.20 Å². The maximum absolute atomic E-state index is 6.04. The van der Waals surface area contributed by atoms with E-state index in [-0.39, 0.29) is 0 Å². The minimum absolute atomic E-state index is 0.316. The average Bonchev–Trinajstić information content (AvgIpc) is 2.69. The molecule has 17 heavy (non-hydrogen) atoms. The minimum Gasteiger partial charge on any atom is -0.327 e. The van der Waals surface area contributed by atoms with Crippen LogP contribution in [0.5, 0.6) is 0 Å². The second-order valence-corrected chi connectivity index (χ2v) is 5.27. The van der Waals surface area contributed by atoms with Gasteiger partial charge in [-0.25, -0.2) is 0 Å². The third-order valence-corrected chi connectivity index (χ3v) is 3.24. The number of hydrogen-bond donors (Lipinski definition) is 1. The number of nitrogens with zero attached hydrogens (tertiary/aromatic N) is 3. The zero-order chi connectivity index (χ0) is 12.8. The summed E-state index contributed by atoms with van der Waals surface area (Å²) < 4.78 is 1.85. The summed E-state index contributed by atoms with van der Waals surface area (Å²) in [4.78, 5) is 2.34. The number of aryl methyl sites for hydroxylation is 1. The Balaban J connectivity index is 2.19.